The molecule has 3 aromatic rings. The van der Waals surface area contributed by atoms with Crippen molar-refractivity contribution in [3.05, 3.63) is 24.9 Å². The Bertz CT molecular complexity index is 608. The monoisotopic (exact) mass is 200 g/mol. The van der Waals surface area contributed by atoms with Crippen LogP contribution in [0.4, 0.5) is 0 Å². The van der Waals surface area contributed by atoms with Crippen LogP contribution in [-0.2, 0) is 7.05 Å². The van der Waals surface area contributed by atoms with Gasteiger partial charge in [0, 0.05) is 18.8 Å². The third-order valence-corrected chi connectivity index (χ3v) is 2.14. The molecule has 3 heterocycles. The number of fused-ring (bicyclic) bond motifs is 1. The van der Waals surface area contributed by atoms with Crippen LogP contribution in [-0.4, -0.2) is 29.7 Å². The zero-order valence-electron chi connectivity index (χ0n) is 8.05. The number of rotatable bonds is 1. The molecular weight excluding hydrogens is 192 g/mol. The predicted octanol–water partition coefficient (Wildman–Crippen LogP) is 0.753. The second kappa shape index (κ2) is 2.88. The third-order valence-electron chi connectivity index (χ3n) is 2.14. The molecule has 3 aromatic heterocycles. The Labute approximate surface area is 85.0 Å². The second-order valence-electron chi connectivity index (χ2n) is 3.23. The van der Waals surface area contributed by atoms with E-state index in [1.165, 1.54) is 0 Å². The van der Waals surface area contributed by atoms with Gasteiger partial charge in [0.15, 0.2) is 11.3 Å². The van der Waals surface area contributed by atoms with Gasteiger partial charge in [-0.15, -0.1) is 0 Å². The summed E-state index contributed by atoms with van der Waals surface area (Å²) in [4.78, 5) is 15.5. The van der Waals surface area contributed by atoms with Gasteiger partial charge in [0.2, 0.25) is 0 Å². The fraction of sp³-hybridized carbons (Fsp3) is 0.111. The van der Waals surface area contributed by atoms with E-state index in [4.69, 9.17) is 0 Å². The van der Waals surface area contributed by atoms with Gasteiger partial charge in [0.1, 0.15) is 0 Å². The third kappa shape index (κ3) is 1.26. The summed E-state index contributed by atoms with van der Waals surface area (Å²) in [5.41, 5.74) is 3.06. The van der Waals surface area contributed by atoms with Crippen LogP contribution >= 0.6 is 0 Å². The van der Waals surface area contributed by atoms with Crippen molar-refractivity contribution in [2.75, 3.05) is 0 Å². The molecule has 0 aliphatic heterocycles. The maximum absolute atomic E-state index is 4.38. The van der Waals surface area contributed by atoms with E-state index in [-0.39, 0.29) is 0 Å². The molecule has 74 valence electrons. The summed E-state index contributed by atoms with van der Waals surface area (Å²) in [6.45, 7) is 0. The van der Waals surface area contributed by atoms with Crippen molar-refractivity contribution in [1.82, 2.24) is 29.7 Å². The number of aromatic amines is 1. The molecule has 0 aliphatic rings. The number of nitrogens with zero attached hydrogens (tertiary/aromatic N) is 5. The summed E-state index contributed by atoms with van der Waals surface area (Å²) in [6.07, 6.45) is 6.93. The van der Waals surface area contributed by atoms with E-state index in [2.05, 4.69) is 25.0 Å². The summed E-state index contributed by atoms with van der Waals surface area (Å²) >= 11 is 0. The number of hydrogen-bond donors (Lipinski definition) is 1. The van der Waals surface area contributed by atoms with Crippen LogP contribution in [0.25, 0.3) is 22.6 Å². The van der Waals surface area contributed by atoms with Crippen LogP contribution in [0.2, 0.25) is 0 Å². The molecule has 1 N–H and O–H groups in total. The molecule has 0 unspecified atom stereocenters. The molecule has 0 bridgehead atoms. The molecule has 0 saturated heterocycles. The number of nitrogens with one attached hydrogen (secondary N) is 1. The molecule has 0 saturated carbocycles. The SMILES string of the molecule is Cn1cc(-c2cnc3nc[nH]c3n2)cn1. The van der Waals surface area contributed by atoms with Gasteiger partial charge in [-0.1, -0.05) is 0 Å². The maximum atomic E-state index is 4.38. The minimum Gasteiger partial charge on any atom is -0.328 e. The highest BCUT2D eigenvalue weighted by Crippen LogP contribution is 2.16. The largest absolute Gasteiger partial charge is 0.328 e. The van der Waals surface area contributed by atoms with Crippen molar-refractivity contribution < 1.29 is 0 Å². The fourth-order valence-corrected chi connectivity index (χ4v) is 1.42. The summed E-state index contributed by atoms with van der Waals surface area (Å²) in [5.74, 6) is 0. The molecule has 6 heteroatoms. The van der Waals surface area contributed by atoms with Crippen LogP contribution in [0, 0.1) is 0 Å². The Morgan fingerprint density at radius 1 is 1.27 bits per heavy atom. The van der Waals surface area contributed by atoms with Crippen molar-refractivity contribution >= 4 is 11.3 Å². The highest BCUT2D eigenvalue weighted by Gasteiger charge is 2.05. The quantitative estimate of drug-likeness (QED) is 0.629. The Morgan fingerprint density at radius 2 is 2.20 bits per heavy atom. The maximum Gasteiger partial charge on any atom is 0.197 e. The molecule has 0 atom stereocenters. The van der Waals surface area contributed by atoms with Crippen LogP contribution in [0.15, 0.2) is 24.9 Å². The highest BCUT2D eigenvalue weighted by molar-refractivity contribution is 5.69. The second-order valence-corrected chi connectivity index (χ2v) is 3.23. The van der Waals surface area contributed by atoms with Crippen molar-refractivity contribution in [3.63, 3.8) is 0 Å². The number of imidazole rings is 1. The summed E-state index contributed by atoms with van der Waals surface area (Å²) in [7, 11) is 1.87. The van der Waals surface area contributed by atoms with Crippen LogP contribution in [0.5, 0.6) is 0 Å². The Kier molecular flexibility index (Phi) is 1.55. The van der Waals surface area contributed by atoms with Crippen molar-refractivity contribution in [2.24, 2.45) is 7.05 Å². The molecule has 0 radical (unpaired) electrons. The van der Waals surface area contributed by atoms with Gasteiger partial charge in [-0.2, -0.15) is 5.10 Å². The van der Waals surface area contributed by atoms with Crippen molar-refractivity contribution in [1.29, 1.82) is 0 Å². The van der Waals surface area contributed by atoms with E-state index < -0.39 is 0 Å². The molecule has 0 aromatic carbocycles. The summed E-state index contributed by atoms with van der Waals surface area (Å²) in [5, 5.41) is 4.08. The van der Waals surface area contributed by atoms with Gasteiger partial charge in [-0.05, 0) is 0 Å². The van der Waals surface area contributed by atoms with Gasteiger partial charge < -0.3 is 4.98 Å². The summed E-state index contributed by atoms with van der Waals surface area (Å²) in [6, 6.07) is 0. The zero-order chi connectivity index (χ0) is 10.3. The molecule has 0 spiro atoms. The first-order valence-corrected chi connectivity index (χ1v) is 4.48. The van der Waals surface area contributed by atoms with Crippen LogP contribution < -0.4 is 0 Å². The van der Waals surface area contributed by atoms with Gasteiger partial charge in [-0.3, -0.25) is 4.68 Å². The lowest BCUT2D eigenvalue weighted by molar-refractivity contribution is 0.768. The number of aryl methyl sites for hydroxylation is 1. The Morgan fingerprint density at radius 3 is 3.00 bits per heavy atom. The average molecular weight is 200 g/mol. The van der Waals surface area contributed by atoms with Gasteiger partial charge in [0.25, 0.3) is 0 Å². The fourth-order valence-electron chi connectivity index (χ4n) is 1.42. The lowest BCUT2D eigenvalue weighted by Gasteiger charge is -1.94. The number of hydrogen-bond acceptors (Lipinski definition) is 4. The van der Waals surface area contributed by atoms with E-state index in [9.17, 15) is 0 Å². The zero-order valence-corrected chi connectivity index (χ0v) is 8.05. The van der Waals surface area contributed by atoms with Crippen molar-refractivity contribution in [2.45, 2.75) is 0 Å². The van der Waals surface area contributed by atoms with E-state index in [0.717, 1.165) is 11.3 Å². The first kappa shape index (κ1) is 8.10. The van der Waals surface area contributed by atoms with E-state index in [1.807, 2.05) is 13.2 Å². The first-order chi connectivity index (χ1) is 7.33. The molecule has 3 rings (SSSR count). The van der Waals surface area contributed by atoms with Crippen LogP contribution in [0.3, 0.4) is 0 Å². The standard InChI is InChI=1S/C9H8N6/c1-15-4-6(2-13-15)7-3-10-8-9(14-7)12-5-11-8/h2-5H,1H3,(H,10,11,12,14). The van der Waals surface area contributed by atoms with Gasteiger partial charge in [-0.25, -0.2) is 15.0 Å². The lowest BCUT2D eigenvalue weighted by atomic mass is 10.3. The molecule has 15 heavy (non-hydrogen) atoms. The average Bonchev–Trinajstić information content (AvgIpc) is 2.84. The predicted molar refractivity (Wildman–Crippen MR) is 53.9 cm³/mol. The lowest BCUT2D eigenvalue weighted by Crippen LogP contribution is -1.87. The Hall–Kier alpha value is -2.24. The summed E-state index contributed by atoms with van der Waals surface area (Å²) < 4.78 is 1.73. The van der Waals surface area contributed by atoms with E-state index in [0.29, 0.717) is 11.3 Å². The topological polar surface area (TPSA) is 72.3 Å². The van der Waals surface area contributed by atoms with E-state index >= 15 is 0 Å². The smallest absolute Gasteiger partial charge is 0.197 e. The molecule has 0 amide bonds. The highest BCUT2D eigenvalue weighted by atomic mass is 15.2. The molecule has 6 nitrogen and oxygen atoms in total. The molecular formula is C9H8N6. The number of aromatic nitrogens is 6. The minimum atomic E-state index is 0.627. The first-order valence-electron chi connectivity index (χ1n) is 4.48. The number of H-pyrrole nitrogens is 1. The van der Waals surface area contributed by atoms with Crippen molar-refractivity contribution in [3.8, 4) is 11.3 Å². The van der Waals surface area contributed by atoms with Gasteiger partial charge in [0.05, 0.1) is 24.4 Å². The minimum absolute atomic E-state index is 0.627. The molecule has 0 aliphatic carbocycles. The molecule has 0 fully saturated rings. The van der Waals surface area contributed by atoms with E-state index in [1.54, 1.807) is 23.4 Å². The normalized spacial score (nSPS) is 11.0. The van der Waals surface area contributed by atoms with Crippen LogP contribution in [0.1, 0.15) is 0 Å². The Balaban J connectivity index is 2.18. The van der Waals surface area contributed by atoms with Gasteiger partial charge >= 0.3 is 0 Å².